The molecule has 1 atom stereocenters. The van der Waals surface area contributed by atoms with Crippen molar-refractivity contribution in [1.29, 1.82) is 5.26 Å². The number of nitriles is 1. The van der Waals surface area contributed by atoms with E-state index in [1.165, 1.54) is 12.1 Å². The highest BCUT2D eigenvalue weighted by atomic mass is 32.2. The minimum absolute atomic E-state index is 0.244. The number of nitrogens with two attached hydrogens (primary N) is 1. The van der Waals surface area contributed by atoms with Gasteiger partial charge in [0.25, 0.3) is 0 Å². The van der Waals surface area contributed by atoms with Gasteiger partial charge in [-0.2, -0.15) is 17.0 Å². The maximum Gasteiger partial charge on any atom is 0.127 e. The molecule has 0 aromatic heterocycles. The minimum atomic E-state index is -0.244. The molecule has 4 heteroatoms. The number of hydrogen-bond acceptors (Lipinski definition) is 3. The molecule has 0 saturated carbocycles. The summed E-state index contributed by atoms with van der Waals surface area (Å²) in [6, 6.07) is 6.46. The zero-order valence-corrected chi connectivity index (χ0v) is 10.1. The van der Waals surface area contributed by atoms with Crippen LogP contribution in [-0.4, -0.2) is 12.3 Å². The molecule has 2 N–H and O–H groups in total. The zero-order valence-electron chi connectivity index (χ0n) is 9.24. The molecule has 0 fully saturated rings. The van der Waals surface area contributed by atoms with Crippen LogP contribution in [0, 0.1) is 23.1 Å². The van der Waals surface area contributed by atoms with Crippen LogP contribution in [-0.2, 0) is 5.75 Å². The summed E-state index contributed by atoms with van der Waals surface area (Å²) < 4.78 is 13.4. The van der Waals surface area contributed by atoms with Crippen molar-refractivity contribution in [2.24, 2.45) is 11.7 Å². The van der Waals surface area contributed by atoms with Crippen molar-refractivity contribution in [2.45, 2.75) is 12.7 Å². The maximum absolute atomic E-state index is 13.4. The topological polar surface area (TPSA) is 49.8 Å². The third-order valence-corrected chi connectivity index (χ3v) is 3.56. The first-order valence-electron chi connectivity index (χ1n) is 5.13. The van der Waals surface area contributed by atoms with Gasteiger partial charge < -0.3 is 5.73 Å². The molecule has 0 heterocycles. The lowest BCUT2D eigenvalue weighted by molar-refractivity contribution is 0.617. The van der Waals surface area contributed by atoms with Crippen LogP contribution in [0.3, 0.4) is 0 Å². The summed E-state index contributed by atoms with van der Waals surface area (Å²) >= 11 is 1.64. The van der Waals surface area contributed by atoms with Gasteiger partial charge in [0.1, 0.15) is 5.82 Å². The molecule has 0 radical (unpaired) electrons. The molecule has 0 spiro atoms. The summed E-state index contributed by atoms with van der Waals surface area (Å²) in [6.45, 7) is 2.71. The zero-order chi connectivity index (χ0) is 12.0. The van der Waals surface area contributed by atoms with Gasteiger partial charge in [-0.25, -0.2) is 4.39 Å². The van der Waals surface area contributed by atoms with E-state index >= 15 is 0 Å². The summed E-state index contributed by atoms with van der Waals surface area (Å²) in [5.74, 6) is 1.69. The molecule has 0 bridgehead atoms. The summed E-state index contributed by atoms with van der Waals surface area (Å²) in [4.78, 5) is 0. The Morgan fingerprint density at radius 2 is 2.31 bits per heavy atom. The average Bonchev–Trinajstić information content (AvgIpc) is 2.31. The normalized spacial score (nSPS) is 12.1. The van der Waals surface area contributed by atoms with E-state index in [9.17, 15) is 4.39 Å². The number of hydrogen-bond donors (Lipinski definition) is 1. The van der Waals surface area contributed by atoms with E-state index < -0.39 is 0 Å². The maximum atomic E-state index is 13.4. The quantitative estimate of drug-likeness (QED) is 0.857. The fourth-order valence-electron chi connectivity index (χ4n) is 1.19. The molecule has 2 nitrogen and oxygen atoms in total. The van der Waals surface area contributed by atoms with E-state index in [1.807, 2.05) is 6.07 Å². The van der Waals surface area contributed by atoms with Crippen LogP contribution in [0.25, 0.3) is 0 Å². The Hall–Kier alpha value is -1.05. The van der Waals surface area contributed by atoms with Gasteiger partial charge >= 0.3 is 0 Å². The molecule has 1 aromatic rings. The van der Waals surface area contributed by atoms with Crippen molar-refractivity contribution in [2.75, 3.05) is 12.3 Å². The Kier molecular flexibility index (Phi) is 5.30. The Balaban J connectivity index is 2.56. The molecular formula is C12H15FN2S. The second-order valence-electron chi connectivity index (χ2n) is 3.77. The van der Waals surface area contributed by atoms with Crippen molar-refractivity contribution in [3.05, 3.63) is 35.1 Å². The molecule has 86 valence electrons. The van der Waals surface area contributed by atoms with E-state index in [2.05, 4.69) is 6.92 Å². The third kappa shape index (κ3) is 3.84. The molecule has 1 rings (SSSR count). The Bertz CT molecular complexity index is 387. The Labute approximate surface area is 99.6 Å². The van der Waals surface area contributed by atoms with E-state index in [4.69, 9.17) is 11.0 Å². The summed E-state index contributed by atoms with van der Waals surface area (Å²) in [6.07, 6.45) is 0. The van der Waals surface area contributed by atoms with E-state index in [0.29, 0.717) is 29.3 Å². The van der Waals surface area contributed by atoms with E-state index in [0.717, 1.165) is 5.75 Å². The lowest BCUT2D eigenvalue weighted by atomic mass is 10.1. The molecule has 0 amide bonds. The number of rotatable bonds is 5. The summed E-state index contributed by atoms with van der Waals surface area (Å²) in [5, 5.41) is 8.71. The molecule has 1 unspecified atom stereocenters. The summed E-state index contributed by atoms with van der Waals surface area (Å²) in [5.41, 5.74) is 6.59. The van der Waals surface area contributed by atoms with Crippen LogP contribution in [0.2, 0.25) is 0 Å². The fraction of sp³-hybridized carbons (Fsp3) is 0.417. The highest BCUT2D eigenvalue weighted by Crippen LogP contribution is 2.18. The number of benzene rings is 1. The standard InChI is InChI=1S/C12H15FN2S/c1-9(5-14)7-16-8-11-4-10(6-15)2-3-12(11)13/h2-4,9H,5,7-8,14H2,1H3. The SMILES string of the molecule is CC(CN)CSCc1cc(C#N)ccc1F. The number of nitrogens with zero attached hydrogens (tertiary/aromatic N) is 1. The average molecular weight is 238 g/mol. The third-order valence-electron chi connectivity index (χ3n) is 2.24. The van der Waals surface area contributed by atoms with Crippen molar-refractivity contribution >= 4 is 11.8 Å². The Morgan fingerprint density at radius 3 is 2.94 bits per heavy atom. The first-order valence-corrected chi connectivity index (χ1v) is 6.29. The second-order valence-corrected chi connectivity index (χ2v) is 4.80. The lowest BCUT2D eigenvalue weighted by Crippen LogP contribution is -2.12. The molecule has 0 aliphatic rings. The van der Waals surface area contributed by atoms with Crippen LogP contribution in [0.1, 0.15) is 18.1 Å². The predicted molar refractivity (Wildman–Crippen MR) is 65.5 cm³/mol. The van der Waals surface area contributed by atoms with Gasteiger partial charge in [-0.3, -0.25) is 0 Å². The van der Waals surface area contributed by atoms with Crippen molar-refractivity contribution in [1.82, 2.24) is 0 Å². The first-order chi connectivity index (χ1) is 7.67. The van der Waals surface area contributed by atoms with Crippen molar-refractivity contribution < 1.29 is 4.39 Å². The van der Waals surface area contributed by atoms with Gasteiger partial charge in [-0.15, -0.1) is 0 Å². The molecular weight excluding hydrogens is 223 g/mol. The van der Waals surface area contributed by atoms with Gasteiger partial charge in [0.05, 0.1) is 11.6 Å². The lowest BCUT2D eigenvalue weighted by Gasteiger charge is -2.08. The van der Waals surface area contributed by atoms with Gasteiger partial charge in [0.15, 0.2) is 0 Å². The number of halogens is 1. The largest absolute Gasteiger partial charge is 0.330 e. The van der Waals surface area contributed by atoms with E-state index in [1.54, 1.807) is 17.8 Å². The highest BCUT2D eigenvalue weighted by Gasteiger charge is 2.05. The molecule has 0 saturated heterocycles. The van der Waals surface area contributed by atoms with Gasteiger partial charge in [0.2, 0.25) is 0 Å². The highest BCUT2D eigenvalue weighted by molar-refractivity contribution is 7.98. The van der Waals surface area contributed by atoms with Crippen LogP contribution < -0.4 is 5.73 Å². The van der Waals surface area contributed by atoms with Gasteiger partial charge in [0, 0.05) is 5.75 Å². The Morgan fingerprint density at radius 1 is 1.56 bits per heavy atom. The molecule has 16 heavy (non-hydrogen) atoms. The summed E-state index contributed by atoms with van der Waals surface area (Å²) in [7, 11) is 0. The minimum Gasteiger partial charge on any atom is -0.330 e. The fourth-order valence-corrected chi connectivity index (χ4v) is 2.29. The first kappa shape index (κ1) is 13.0. The molecule has 0 aliphatic carbocycles. The molecule has 1 aromatic carbocycles. The van der Waals surface area contributed by atoms with Crippen molar-refractivity contribution in [3.63, 3.8) is 0 Å². The number of thioether (sulfide) groups is 1. The van der Waals surface area contributed by atoms with Crippen LogP contribution >= 0.6 is 11.8 Å². The monoisotopic (exact) mass is 238 g/mol. The van der Waals surface area contributed by atoms with Crippen molar-refractivity contribution in [3.8, 4) is 6.07 Å². The van der Waals surface area contributed by atoms with Gasteiger partial charge in [-0.1, -0.05) is 6.92 Å². The molecule has 0 aliphatic heterocycles. The predicted octanol–water partition coefficient (Wildman–Crippen LogP) is 2.53. The van der Waals surface area contributed by atoms with Crippen LogP contribution in [0.5, 0.6) is 0 Å². The van der Waals surface area contributed by atoms with E-state index in [-0.39, 0.29) is 5.82 Å². The van der Waals surface area contributed by atoms with Crippen LogP contribution in [0.15, 0.2) is 18.2 Å². The van der Waals surface area contributed by atoms with Gasteiger partial charge in [-0.05, 0) is 42.0 Å². The van der Waals surface area contributed by atoms with Crippen LogP contribution in [0.4, 0.5) is 4.39 Å². The smallest absolute Gasteiger partial charge is 0.127 e. The second kappa shape index (κ2) is 6.51.